The molecule has 4 nitrogen and oxygen atoms in total. The molecule has 0 saturated heterocycles. The fraction of sp³-hybridized carbons (Fsp3) is 0.211. The molecule has 6 heteroatoms. The van der Waals surface area contributed by atoms with Gasteiger partial charge in [-0.1, -0.05) is 41.6 Å². The quantitative estimate of drug-likeness (QED) is 0.486. The molecule has 0 bridgehead atoms. The molecule has 25 heavy (non-hydrogen) atoms. The van der Waals surface area contributed by atoms with Crippen LogP contribution in [0.25, 0.3) is 11.4 Å². The lowest BCUT2D eigenvalue weighted by Gasteiger charge is -2.07. The molecular weight excluding hydrogens is 337 g/mol. The van der Waals surface area contributed by atoms with Crippen LogP contribution >= 0.6 is 11.8 Å². The third-order valence-corrected chi connectivity index (χ3v) is 4.81. The highest BCUT2D eigenvalue weighted by Crippen LogP contribution is 2.24. The zero-order valence-electron chi connectivity index (χ0n) is 14.1. The Morgan fingerprint density at radius 1 is 1.08 bits per heavy atom. The highest BCUT2D eigenvalue weighted by molar-refractivity contribution is 7.99. The summed E-state index contributed by atoms with van der Waals surface area (Å²) in [5.74, 6) is 0.613. The number of Topliss-reactive ketones (excluding diaryl/α,β-unsaturated/α-hetero) is 1. The molecule has 0 N–H and O–H groups in total. The molecule has 0 amide bonds. The number of carbonyl (C=O) groups is 1. The summed E-state index contributed by atoms with van der Waals surface area (Å²) in [6.45, 7) is 4.77. The minimum Gasteiger partial charge on any atom is -0.302 e. The number of aromatic nitrogens is 3. The van der Waals surface area contributed by atoms with Gasteiger partial charge < -0.3 is 4.57 Å². The summed E-state index contributed by atoms with van der Waals surface area (Å²) in [4.78, 5) is 12.2. The Balaban J connectivity index is 1.76. The molecule has 1 heterocycles. The van der Waals surface area contributed by atoms with E-state index < -0.39 is 0 Å². The van der Waals surface area contributed by atoms with Gasteiger partial charge in [-0.15, -0.1) is 10.2 Å². The molecule has 0 aliphatic rings. The van der Waals surface area contributed by atoms with Crippen LogP contribution in [0.5, 0.6) is 0 Å². The molecule has 0 spiro atoms. The molecular formula is C19H18FN3OS. The molecule has 0 radical (unpaired) electrons. The van der Waals surface area contributed by atoms with Crippen LogP contribution in [-0.2, 0) is 6.54 Å². The summed E-state index contributed by atoms with van der Waals surface area (Å²) in [6, 6.07) is 13.7. The van der Waals surface area contributed by atoms with Gasteiger partial charge in [-0.25, -0.2) is 4.39 Å². The van der Waals surface area contributed by atoms with Gasteiger partial charge in [0.15, 0.2) is 16.8 Å². The topological polar surface area (TPSA) is 47.8 Å². The Bertz CT molecular complexity index is 873. The lowest BCUT2D eigenvalue weighted by Crippen LogP contribution is -2.05. The monoisotopic (exact) mass is 355 g/mol. The lowest BCUT2D eigenvalue weighted by molar-refractivity contribution is 0.102. The molecule has 2 aromatic carbocycles. The molecule has 0 fully saturated rings. The zero-order chi connectivity index (χ0) is 17.8. The standard InChI is InChI=1S/C19H18FN3OS/c1-3-23-18(15-6-4-13(2)5-7-15)21-22-19(23)25-12-17(24)14-8-10-16(20)11-9-14/h4-11H,3,12H2,1-2H3. The SMILES string of the molecule is CCn1c(SCC(=O)c2ccc(F)cc2)nnc1-c1ccc(C)cc1. The van der Waals surface area contributed by atoms with Crippen LogP contribution in [0.4, 0.5) is 4.39 Å². The van der Waals surface area contributed by atoms with Crippen molar-refractivity contribution >= 4 is 17.5 Å². The maximum Gasteiger partial charge on any atom is 0.191 e. The smallest absolute Gasteiger partial charge is 0.191 e. The number of nitrogens with zero attached hydrogens (tertiary/aromatic N) is 3. The molecule has 0 saturated carbocycles. The average molecular weight is 355 g/mol. The predicted octanol–water partition coefficient (Wildman–Crippen LogP) is 4.39. The summed E-state index contributed by atoms with van der Waals surface area (Å²) in [7, 11) is 0. The van der Waals surface area contributed by atoms with Crippen molar-refractivity contribution in [3.8, 4) is 11.4 Å². The van der Waals surface area contributed by atoms with Crippen LogP contribution in [0.2, 0.25) is 0 Å². The number of ketones is 1. The molecule has 128 valence electrons. The van der Waals surface area contributed by atoms with E-state index in [1.165, 1.54) is 41.6 Å². The first-order valence-electron chi connectivity index (χ1n) is 8.00. The Morgan fingerprint density at radius 2 is 1.76 bits per heavy atom. The third-order valence-electron chi connectivity index (χ3n) is 3.84. The van der Waals surface area contributed by atoms with Gasteiger partial charge >= 0.3 is 0 Å². The number of thioether (sulfide) groups is 1. The lowest BCUT2D eigenvalue weighted by atomic mass is 10.1. The molecule has 3 aromatic rings. The van der Waals surface area contributed by atoms with Crippen LogP contribution in [0.1, 0.15) is 22.8 Å². The normalized spacial score (nSPS) is 10.8. The minimum absolute atomic E-state index is 0.0625. The van der Waals surface area contributed by atoms with E-state index in [0.29, 0.717) is 17.3 Å². The number of benzene rings is 2. The van der Waals surface area contributed by atoms with Gasteiger partial charge in [0.05, 0.1) is 5.75 Å². The Kier molecular flexibility index (Phi) is 5.28. The van der Waals surface area contributed by atoms with E-state index in [1.54, 1.807) is 0 Å². The van der Waals surface area contributed by atoms with Crippen molar-refractivity contribution < 1.29 is 9.18 Å². The average Bonchev–Trinajstić information content (AvgIpc) is 3.04. The number of carbonyl (C=O) groups excluding carboxylic acids is 1. The summed E-state index contributed by atoms with van der Waals surface area (Å²) in [5, 5.41) is 9.21. The number of halogens is 1. The van der Waals surface area contributed by atoms with Gasteiger partial charge in [0.2, 0.25) is 0 Å². The maximum atomic E-state index is 13.0. The van der Waals surface area contributed by atoms with Gasteiger partial charge in [0.25, 0.3) is 0 Å². The number of rotatable bonds is 6. The Morgan fingerprint density at radius 3 is 2.40 bits per heavy atom. The van der Waals surface area contributed by atoms with Gasteiger partial charge in [0.1, 0.15) is 5.82 Å². The zero-order valence-corrected chi connectivity index (χ0v) is 14.9. The summed E-state index contributed by atoms with van der Waals surface area (Å²) in [6.07, 6.45) is 0. The van der Waals surface area contributed by atoms with E-state index >= 15 is 0 Å². The molecule has 0 unspecified atom stereocenters. The second-order valence-corrected chi connectivity index (χ2v) is 6.58. The predicted molar refractivity (Wildman–Crippen MR) is 97.3 cm³/mol. The van der Waals surface area contributed by atoms with Crippen LogP contribution < -0.4 is 0 Å². The molecule has 0 aliphatic heterocycles. The van der Waals surface area contributed by atoms with Gasteiger partial charge in [-0.2, -0.15) is 0 Å². The molecule has 0 atom stereocenters. The van der Waals surface area contributed by atoms with E-state index in [1.807, 2.05) is 42.7 Å². The Hall–Kier alpha value is -2.47. The fourth-order valence-electron chi connectivity index (χ4n) is 2.45. The number of hydrogen-bond acceptors (Lipinski definition) is 4. The number of aryl methyl sites for hydroxylation is 1. The summed E-state index contributed by atoms with van der Waals surface area (Å²) in [5.41, 5.74) is 2.68. The second-order valence-electron chi connectivity index (χ2n) is 5.64. The maximum absolute atomic E-state index is 13.0. The summed E-state index contributed by atoms with van der Waals surface area (Å²) < 4.78 is 14.9. The van der Waals surface area contributed by atoms with Gasteiger partial charge in [-0.3, -0.25) is 4.79 Å². The van der Waals surface area contributed by atoms with Crippen LogP contribution in [0.15, 0.2) is 53.7 Å². The van der Waals surface area contributed by atoms with E-state index in [4.69, 9.17) is 0 Å². The van der Waals surface area contributed by atoms with Crippen molar-refractivity contribution in [1.29, 1.82) is 0 Å². The first kappa shape index (κ1) is 17.4. The second kappa shape index (κ2) is 7.61. The van der Waals surface area contributed by atoms with Gasteiger partial charge in [0, 0.05) is 17.7 Å². The fourth-order valence-corrected chi connectivity index (χ4v) is 3.34. The van der Waals surface area contributed by atoms with Crippen LogP contribution in [0, 0.1) is 12.7 Å². The first-order valence-corrected chi connectivity index (χ1v) is 8.99. The van der Waals surface area contributed by atoms with E-state index in [0.717, 1.165) is 11.4 Å². The van der Waals surface area contributed by atoms with Crippen LogP contribution in [-0.4, -0.2) is 26.3 Å². The van der Waals surface area contributed by atoms with Crippen molar-refractivity contribution in [2.24, 2.45) is 0 Å². The Labute approximate surface area is 150 Å². The van der Waals surface area contributed by atoms with E-state index in [9.17, 15) is 9.18 Å². The van der Waals surface area contributed by atoms with Crippen molar-refractivity contribution in [3.63, 3.8) is 0 Å². The van der Waals surface area contributed by atoms with Crippen molar-refractivity contribution in [3.05, 3.63) is 65.5 Å². The van der Waals surface area contributed by atoms with Crippen molar-refractivity contribution in [1.82, 2.24) is 14.8 Å². The highest BCUT2D eigenvalue weighted by atomic mass is 32.2. The largest absolute Gasteiger partial charge is 0.302 e. The van der Waals surface area contributed by atoms with E-state index in [-0.39, 0.29) is 17.4 Å². The van der Waals surface area contributed by atoms with Crippen molar-refractivity contribution in [2.45, 2.75) is 25.5 Å². The third kappa shape index (κ3) is 3.96. The minimum atomic E-state index is -0.349. The summed E-state index contributed by atoms with van der Waals surface area (Å²) >= 11 is 1.34. The molecule has 0 aliphatic carbocycles. The van der Waals surface area contributed by atoms with Gasteiger partial charge in [-0.05, 0) is 38.1 Å². The highest BCUT2D eigenvalue weighted by Gasteiger charge is 2.15. The molecule has 3 rings (SSSR count). The van der Waals surface area contributed by atoms with E-state index in [2.05, 4.69) is 10.2 Å². The van der Waals surface area contributed by atoms with Crippen LogP contribution in [0.3, 0.4) is 0 Å². The number of hydrogen-bond donors (Lipinski definition) is 0. The van der Waals surface area contributed by atoms with Crippen molar-refractivity contribution in [2.75, 3.05) is 5.75 Å². The molecule has 1 aromatic heterocycles. The first-order chi connectivity index (χ1) is 12.1.